The Labute approximate surface area is 169 Å². The average molecular weight is 411 g/mol. The van der Waals surface area contributed by atoms with Crippen molar-refractivity contribution in [3.8, 4) is 11.1 Å². The highest BCUT2D eigenvalue weighted by molar-refractivity contribution is 6.09. The van der Waals surface area contributed by atoms with Gasteiger partial charge in [-0.25, -0.2) is 9.97 Å². The zero-order valence-corrected chi connectivity index (χ0v) is 15.8. The number of hydrogen-bond acceptors (Lipinski definition) is 3. The van der Waals surface area contributed by atoms with Gasteiger partial charge in [0.1, 0.15) is 17.2 Å². The van der Waals surface area contributed by atoms with Gasteiger partial charge in [0, 0.05) is 54.7 Å². The van der Waals surface area contributed by atoms with Crippen LogP contribution in [0.1, 0.15) is 29.0 Å². The van der Waals surface area contributed by atoms with E-state index in [9.17, 15) is 18.0 Å². The highest BCUT2D eigenvalue weighted by Gasteiger charge is 2.35. The van der Waals surface area contributed by atoms with Gasteiger partial charge in [-0.1, -0.05) is 0 Å². The van der Waals surface area contributed by atoms with E-state index in [1.165, 1.54) is 11.0 Å². The smallest absolute Gasteiger partial charge is 0.338 e. The van der Waals surface area contributed by atoms with Crippen LogP contribution in [0.2, 0.25) is 0 Å². The lowest BCUT2D eigenvalue weighted by molar-refractivity contribution is -0.137. The lowest BCUT2D eigenvalue weighted by Crippen LogP contribution is -2.42. The van der Waals surface area contributed by atoms with Crippen LogP contribution in [0.4, 0.5) is 19.0 Å². The first-order valence-electron chi connectivity index (χ1n) is 9.32. The van der Waals surface area contributed by atoms with Gasteiger partial charge in [-0.3, -0.25) is 9.69 Å². The molecule has 0 bridgehead atoms. The summed E-state index contributed by atoms with van der Waals surface area (Å²) in [6, 6.07) is 7.76. The molecule has 0 aliphatic carbocycles. The summed E-state index contributed by atoms with van der Waals surface area (Å²) in [5.41, 5.74) is 2.02. The van der Waals surface area contributed by atoms with E-state index in [0.29, 0.717) is 12.2 Å². The third kappa shape index (κ3) is 2.85. The Balaban J connectivity index is 1.56. The molecule has 0 saturated carbocycles. The van der Waals surface area contributed by atoms with Crippen LogP contribution in [-0.4, -0.2) is 31.4 Å². The van der Waals surface area contributed by atoms with Crippen molar-refractivity contribution in [2.75, 3.05) is 11.4 Å². The van der Waals surface area contributed by atoms with Crippen LogP contribution >= 0.6 is 0 Å². The van der Waals surface area contributed by atoms with E-state index in [4.69, 9.17) is 0 Å². The van der Waals surface area contributed by atoms with Crippen molar-refractivity contribution in [1.29, 1.82) is 0 Å². The van der Waals surface area contributed by atoms with Crippen LogP contribution in [0.15, 0.2) is 61.3 Å². The fourth-order valence-electron chi connectivity index (χ4n) is 3.83. The van der Waals surface area contributed by atoms with Crippen molar-refractivity contribution < 1.29 is 18.0 Å². The molecule has 152 valence electrons. The summed E-state index contributed by atoms with van der Waals surface area (Å²) in [5.74, 6) is -0.102. The normalized spacial score (nSPS) is 16.9. The summed E-state index contributed by atoms with van der Waals surface area (Å²) < 4.78 is 42.3. The van der Waals surface area contributed by atoms with Gasteiger partial charge in [0.05, 0.1) is 5.56 Å². The maximum atomic E-state index is 13.3. The van der Waals surface area contributed by atoms with Crippen molar-refractivity contribution in [3.05, 3.63) is 72.6 Å². The molecule has 0 fully saturated rings. The van der Waals surface area contributed by atoms with Gasteiger partial charge in [-0.15, -0.1) is 0 Å². The molecule has 6 nitrogen and oxygen atoms in total. The summed E-state index contributed by atoms with van der Waals surface area (Å²) in [4.78, 5) is 22.9. The van der Waals surface area contributed by atoms with Gasteiger partial charge in [0.15, 0.2) is 0 Å². The topological polar surface area (TPSA) is 55.4 Å². The maximum absolute atomic E-state index is 13.3. The number of amides is 1. The number of fused-ring (bicyclic) bond motifs is 2. The molecular formula is C21H16F3N5O. The van der Waals surface area contributed by atoms with Crippen molar-refractivity contribution in [2.24, 2.45) is 0 Å². The molecule has 0 N–H and O–H groups in total. The lowest BCUT2D eigenvalue weighted by Gasteiger charge is -2.33. The van der Waals surface area contributed by atoms with E-state index in [1.807, 2.05) is 52.7 Å². The van der Waals surface area contributed by atoms with Crippen LogP contribution in [0.25, 0.3) is 16.8 Å². The van der Waals surface area contributed by atoms with E-state index in [0.717, 1.165) is 29.0 Å². The first kappa shape index (κ1) is 18.4. The Bertz CT molecular complexity index is 1260. The zero-order valence-electron chi connectivity index (χ0n) is 15.8. The van der Waals surface area contributed by atoms with E-state index in [1.54, 1.807) is 6.20 Å². The molecule has 9 heteroatoms. The number of pyridine rings is 2. The molecule has 1 aliphatic heterocycles. The fourth-order valence-corrected chi connectivity index (χ4v) is 3.83. The van der Waals surface area contributed by atoms with Gasteiger partial charge in [-0.05, 0) is 37.3 Å². The Hall–Kier alpha value is -3.62. The van der Waals surface area contributed by atoms with Crippen molar-refractivity contribution in [2.45, 2.75) is 19.1 Å². The molecule has 4 aromatic heterocycles. The first-order chi connectivity index (χ1) is 14.3. The molecule has 0 unspecified atom stereocenters. The number of aromatic nitrogens is 4. The van der Waals surface area contributed by atoms with Crippen LogP contribution in [0.3, 0.4) is 0 Å². The van der Waals surface area contributed by atoms with Crippen LogP contribution in [0, 0.1) is 0 Å². The molecule has 0 aromatic carbocycles. The summed E-state index contributed by atoms with van der Waals surface area (Å²) in [6.07, 6.45) is 3.56. The minimum absolute atomic E-state index is 0.0625. The molecular weight excluding hydrogens is 395 g/mol. The molecule has 0 saturated heterocycles. The second kappa shape index (κ2) is 6.45. The molecule has 1 amide bonds. The van der Waals surface area contributed by atoms with E-state index >= 15 is 0 Å². The van der Waals surface area contributed by atoms with Crippen molar-refractivity contribution in [3.63, 3.8) is 0 Å². The highest BCUT2D eigenvalue weighted by Crippen LogP contribution is 2.34. The van der Waals surface area contributed by atoms with Gasteiger partial charge < -0.3 is 8.97 Å². The van der Waals surface area contributed by atoms with Crippen LogP contribution in [-0.2, 0) is 6.18 Å². The number of nitrogens with zero attached hydrogens (tertiary/aromatic N) is 5. The first-order valence-corrected chi connectivity index (χ1v) is 9.32. The molecule has 4 aromatic rings. The van der Waals surface area contributed by atoms with E-state index < -0.39 is 11.7 Å². The summed E-state index contributed by atoms with van der Waals surface area (Å²) in [6.45, 7) is 2.27. The van der Waals surface area contributed by atoms with E-state index in [-0.39, 0.29) is 17.8 Å². The van der Waals surface area contributed by atoms with Gasteiger partial charge in [0.2, 0.25) is 0 Å². The molecule has 5 heterocycles. The number of anilines is 1. The zero-order chi connectivity index (χ0) is 21.0. The SMILES string of the molecule is C[C@H]1CN(c2ccc(C(F)(F)F)cn2)C(=O)c2c(-c3ccc4nccn4c3)ccn21. The third-order valence-corrected chi connectivity index (χ3v) is 5.34. The third-order valence-electron chi connectivity index (χ3n) is 5.34. The highest BCUT2D eigenvalue weighted by atomic mass is 19.4. The lowest BCUT2D eigenvalue weighted by atomic mass is 10.1. The van der Waals surface area contributed by atoms with Gasteiger partial charge in [-0.2, -0.15) is 13.2 Å². The molecule has 5 rings (SSSR count). The predicted octanol–water partition coefficient (Wildman–Crippen LogP) is 4.44. The molecule has 1 atom stereocenters. The molecule has 0 radical (unpaired) electrons. The largest absolute Gasteiger partial charge is 0.417 e. The number of halogens is 3. The average Bonchev–Trinajstić information content (AvgIpc) is 3.37. The van der Waals surface area contributed by atoms with Crippen molar-refractivity contribution >= 4 is 17.4 Å². The fraction of sp³-hybridized carbons (Fsp3) is 0.190. The van der Waals surface area contributed by atoms with Gasteiger partial charge in [0.25, 0.3) is 5.91 Å². The van der Waals surface area contributed by atoms with Crippen LogP contribution < -0.4 is 4.90 Å². The Morgan fingerprint density at radius 1 is 1.07 bits per heavy atom. The maximum Gasteiger partial charge on any atom is 0.417 e. The van der Waals surface area contributed by atoms with Gasteiger partial charge >= 0.3 is 6.18 Å². The van der Waals surface area contributed by atoms with Crippen molar-refractivity contribution in [1.82, 2.24) is 18.9 Å². The molecule has 30 heavy (non-hydrogen) atoms. The number of rotatable bonds is 2. The standard InChI is InChI=1S/C21H16F3N5O/c1-13-11-29(18-5-3-15(10-26-18)21(22,23)24)20(30)19-16(6-8-28(13)19)14-2-4-17-25-7-9-27(17)12-14/h2-10,12-13H,11H2,1H3/t13-/m0/s1. The second-order valence-electron chi connectivity index (χ2n) is 7.26. The number of hydrogen-bond donors (Lipinski definition) is 0. The summed E-state index contributed by atoms with van der Waals surface area (Å²) in [5, 5.41) is 0. The Morgan fingerprint density at radius 2 is 1.90 bits per heavy atom. The van der Waals surface area contributed by atoms with Crippen LogP contribution in [0.5, 0.6) is 0 Å². The number of alkyl halides is 3. The predicted molar refractivity (Wildman–Crippen MR) is 104 cm³/mol. The quantitative estimate of drug-likeness (QED) is 0.490. The molecule has 0 spiro atoms. The second-order valence-corrected chi connectivity index (χ2v) is 7.26. The minimum atomic E-state index is -4.47. The Morgan fingerprint density at radius 3 is 2.63 bits per heavy atom. The molecule has 1 aliphatic rings. The Kier molecular flexibility index (Phi) is 3.96. The number of carbonyl (C=O) groups excluding carboxylic acids is 1. The monoisotopic (exact) mass is 411 g/mol. The minimum Gasteiger partial charge on any atom is -0.338 e. The number of carbonyl (C=O) groups is 1. The number of imidazole rings is 1. The summed E-state index contributed by atoms with van der Waals surface area (Å²) in [7, 11) is 0. The van der Waals surface area contributed by atoms with E-state index in [2.05, 4.69) is 9.97 Å². The summed E-state index contributed by atoms with van der Waals surface area (Å²) >= 11 is 0.